The maximum atomic E-state index is 13.2. The molecule has 0 bridgehead atoms. The van der Waals surface area contributed by atoms with Crippen molar-refractivity contribution in [3.63, 3.8) is 0 Å². The van der Waals surface area contributed by atoms with Gasteiger partial charge in [-0.25, -0.2) is 9.13 Å². The molecule has 2 N–H and O–H groups in total. The number of ether oxygens (including phenoxy) is 1. The minimum Gasteiger partial charge on any atom is -0.369 e. The number of nitrogens with zero attached hydrogens (tertiary/aromatic N) is 2. The Morgan fingerprint density at radius 2 is 1.71 bits per heavy atom. The van der Waals surface area contributed by atoms with E-state index in [-0.39, 0.29) is 11.8 Å². The number of amides is 1. The Morgan fingerprint density at radius 1 is 1.10 bits per heavy atom. The highest BCUT2D eigenvalue weighted by Crippen LogP contribution is 2.49. The smallest absolute Gasteiger partial charge is 0.253 e. The molecule has 1 saturated carbocycles. The van der Waals surface area contributed by atoms with Gasteiger partial charge in [0.05, 0.1) is 6.61 Å². The molecule has 160 valence electrons. The van der Waals surface area contributed by atoms with Gasteiger partial charge in [0.25, 0.3) is 5.82 Å². The molecule has 1 saturated heterocycles. The predicted molar refractivity (Wildman–Crippen MR) is 118 cm³/mol. The highest BCUT2D eigenvalue weighted by molar-refractivity contribution is 5.91. The largest absolute Gasteiger partial charge is 0.369 e. The summed E-state index contributed by atoms with van der Waals surface area (Å²) in [6, 6.07) is 20.5. The van der Waals surface area contributed by atoms with Crippen LogP contribution in [-0.2, 0) is 21.5 Å². The average molecular weight is 417 g/mol. The molecule has 1 aliphatic heterocycles. The number of hydrogen-bond donors (Lipinski definition) is 1. The van der Waals surface area contributed by atoms with Crippen LogP contribution < -0.4 is 10.3 Å². The number of benzene rings is 2. The normalized spacial score (nSPS) is 23.1. The molecule has 5 rings (SSSR count). The lowest BCUT2D eigenvalue weighted by Crippen LogP contribution is -2.47. The lowest BCUT2D eigenvalue weighted by atomic mass is 9.64. The van der Waals surface area contributed by atoms with Gasteiger partial charge in [0.2, 0.25) is 5.91 Å². The van der Waals surface area contributed by atoms with Crippen molar-refractivity contribution in [3.05, 3.63) is 90.0 Å². The van der Waals surface area contributed by atoms with Crippen LogP contribution in [0.3, 0.4) is 0 Å². The highest BCUT2D eigenvalue weighted by atomic mass is 16.6. The summed E-state index contributed by atoms with van der Waals surface area (Å²) in [5.41, 5.74) is 7.39. The quantitative estimate of drug-likeness (QED) is 0.474. The van der Waals surface area contributed by atoms with Crippen LogP contribution >= 0.6 is 0 Å². The predicted octanol–water partition coefficient (Wildman–Crippen LogP) is 3.30. The Labute approximate surface area is 183 Å². The van der Waals surface area contributed by atoms with E-state index in [0.29, 0.717) is 12.1 Å². The molecular weight excluding hydrogens is 386 g/mol. The van der Waals surface area contributed by atoms with Crippen molar-refractivity contribution >= 4 is 5.91 Å². The zero-order chi connectivity index (χ0) is 21.4. The zero-order valence-corrected chi connectivity index (χ0v) is 18.0. The molecule has 2 aliphatic rings. The molecular formula is C26H30N3O2+. The van der Waals surface area contributed by atoms with E-state index in [0.717, 1.165) is 43.5 Å². The third kappa shape index (κ3) is 3.47. The molecule has 2 aromatic carbocycles. The maximum Gasteiger partial charge on any atom is 0.253 e. The molecule has 1 aliphatic carbocycles. The van der Waals surface area contributed by atoms with Crippen molar-refractivity contribution in [1.29, 1.82) is 0 Å². The second kappa shape index (κ2) is 7.97. The first-order chi connectivity index (χ1) is 15.1. The summed E-state index contributed by atoms with van der Waals surface area (Å²) in [7, 11) is 0. The van der Waals surface area contributed by atoms with Gasteiger partial charge in [-0.3, -0.25) is 4.79 Å². The van der Waals surface area contributed by atoms with Crippen molar-refractivity contribution in [2.75, 3.05) is 6.61 Å². The number of rotatable bonds is 7. The molecule has 3 aromatic rings. The minimum absolute atomic E-state index is 0.141. The number of epoxide rings is 1. The molecule has 2 fully saturated rings. The van der Waals surface area contributed by atoms with Crippen molar-refractivity contribution < 1.29 is 14.1 Å². The Kier molecular flexibility index (Phi) is 5.14. The first kappa shape index (κ1) is 20.0. The van der Waals surface area contributed by atoms with Gasteiger partial charge in [-0.05, 0) is 36.3 Å². The van der Waals surface area contributed by atoms with Crippen LogP contribution in [-0.4, -0.2) is 23.2 Å². The monoisotopic (exact) mass is 416 g/mol. The third-order valence-corrected chi connectivity index (χ3v) is 7.26. The maximum absolute atomic E-state index is 13.2. The van der Waals surface area contributed by atoms with Crippen LogP contribution in [0, 0.1) is 12.8 Å². The second-order valence-electron chi connectivity index (χ2n) is 8.93. The summed E-state index contributed by atoms with van der Waals surface area (Å²) in [4.78, 5) is 13.2. The number of aromatic nitrogens is 2. The van der Waals surface area contributed by atoms with Crippen molar-refractivity contribution in [3.8, 4) is 0 Å². The standard InChI is InChI=1S/C26H29N3O2/c1-19-28(17-24-18-31-24)14-15-29(19)23-13-12-22(16-23)26(25(27)30,20-8-4-2-5-9-20)21-10-6-3-7-11-21/h2-11,14-15,22-24H,12-13,16-18H2,1H3,(H-,27,30)/p+1/t22-,23-,24?/m0/s1. The zero-order valence-electron chi connectivity index (χ0n) is 18.0. The SMILES string of the molecule is Cc1n([C@H]2CC[C@H](C(C(N)=O)(c3ccccc3)c3ccccc3)C2)cc[n+]1CC1CO1. The van der Waals surface area contributed by atoms with Gasteiger partial charge in [0, 0.05) is 6.92 Å². The van der Waals surface area contributed by atoms with E-state index >= 15 is 0 Å². The van der Waals surface area contributed by atoms with E-state index in [1.54, 1.807) is 0 Å². The van der Waals surface area contributed by atoms with Gasteiger partial charge in [-0.1, -0.05) is 60.7 Å². The Balaban J connectivity index is 1.51. The Hall–Kier alpha value is -2.92. The van der Waals surface area contributed by atoms with E-state index in [2.05, 4.69) is 52.7 Å². The lowest BCUT2D eigenvalue weighted by Gasteiger charge is -2.37. The highest BCUT2D eigenvalue weighted by Gasteiger charge is 2.51. The first-order valence-corrected chi connectivity index (χ1v) is 11.2. The second-order valence-corrected chi connectivity index (χ2v) is 8.93. The number of nitrogens with two attached hydrogens (primary N) is 1. The summed E-state index contributed by atoms with van der Waals surface area (Å²) in [5, 5.41) is 0. The molecule has 0 spiro atoms. The number of imidazole rings is 1. The van der Waals surface area contributed by atoms with Crippen LogP contribution in [0.15, 0.2) is 73.1 Å². The van der Waals surface area contributed by atoms with Gasteiger partial charge < -0.3 is 10.5 Å². The molecule has 5 nitrogen and oxygen atoms in total. The molecule has 3 atom stereocenters. The number of carbonyl (C=O) groups excluding carboxylic acids is 1. The fourth-order valence-electron chi connectivity index (χ4n) is 5.62. The van der Waals surface area contributed by atoms with Gasteiger partial charge in [0.1, 0.15) is 36.5 Å². The summed E-state index contributed by atoms with van der Waals surface area (Å²) in [5.74, 6) is 1.12. The third-order valence-electron chi connectivity index (χ3n) is 7.26. The fourth-order valence-corrected chi connectivity index (χ4v) is 5.62. The van der Waals surface area contributed by atoms with Crippen LogP contribution in [0.25, 0.3) is 0 Å². The molecule has 1 aromatic heterocycles. The van der Waals surface area contributed by atoms with Crippen molar-refractivity contribution in [2.24, 2.45) is 11.7 Å². The lowest BCUT2D eigenvalue weighted by molar-refractivity contribution is -0.703. The Bertz CT molecular complexity index is 1020. The van der Waals surface area contributed by atoms with Crippen LogP contribution in [0.1, 0.15) is 42.3 Å². The van der Waals surface area contributed by atoms with Gasteiger partial charge in [-0.15, -0.1) is 0 Å². The molecule has 5 heteroatoms. The molecule has 0 radical (unpaired) electrons. The molecule has 2 heterocycles. The van der Waals surface area contributed by atoms with Crippen LogP contribution in [0.2, 0.25) is 0 Å². The molecule has 1 amide bonds. The summed E-state index contributed by atoms with van der Waals surface area (Å²) in [6.45, 7) is 3.94. The number of hydrogen-bond acceptors (Lipinski definition) is 2. The van der Waals surface area contributed by atoms with Crippen molar-refractivity contribution in [2.45, 2.75) is 50.3 Å². The minimum atomic E-state index is -0.823. The molecule has 1 unspecified atom stereocenters. The van der Waals surface area contributed by atoms with Gasteiger partial charge >= 0.3 is 0 Å². The van der Waals surface area contributed by atoms with Crippen LogP contribution in [0.5, 0.6) is 0 Å². The molecule has 31 heavy (non-hydrogen) atoms. The number of primary amides is 1. The number of carbonyl (C=O) groups is 1. The fraction of sp³-hybridized carbons (Fsp3) is 0.385. The van der Waals surface area contributed by atoms with Crippen LogP contribution in [0.4, 0.5) is 0 Å². The van der Waals surface area contributed by atoms with E-state index in [1.807, 2.05) is 36.4 Å². The first-order valence-electron chi connectivity index (χ1n) is 11.2. The topological polar surface area (TPSA) is 64.4 Å². The van der Waals surface area contributed by atoms with Gasteiger partial charge in [-0.2, -0.15) is 0 Å². The van der Waals surface area contributed by atoms with E-state index in [1.165, 1.54) is 5.82 Å². The van der Waals surface area contributed by atoms with E-state index in [9.17, 15) is 4.79 Å². The van der Waals surface area contributed by atoms with Gasteiger partial charge in [0.15, 0.2) is 0 Å². The van der Waals surface area contributed by atoms with E-state index < -0.39 is 5.41 Å². The van der Waals surface area contributed by atoms with E-state index in [4.69, 9.17) is 10.5 Å². The average Bonchev–Trinajstić information content (AvgIpc) is 3.36. The summed E-state index contributed by atoms with van der Waals surface area (Å²) >= 11 is 0. The summed E-state index contributed by atoms with van der Waals surface area (Å²) < 4.78 is 10.1. The van der Waals surface area contributed by atoms with Crippen molar-refractivity contribution in [1.82, 2.24) is 4.57 Å². The Morgan fingerprint density at radius 3 is 2.26 bits per heavy atom. The summed E-state index contributed by atoms with van der Waals surface area (Å²) in [6.07, 6.45) is 7.61.